The number of sulfonamides is 1. The molecular formula is C17H16N6O4S. The normalized spacial score (nSPS) is 14.0. The first-order chi connectivity index (χ1) is 13.3. The van der Waals surface area contributed by atoms with Crippen LogP contribution in [0.1, 0.15) is 5.82 Å². The van der Waals surface area contributed by atoms with E-state index in [-0.39, 0.29) is 10.6 Å². The van der Waals surface area contributed by atoms with E-state index in [1.54, 1.807) is 4.90 Å². The molecule has 1 aliphatic rings. The van der Waals surface area contributed by atoms with Gasteiger partial charge in [0.1, 0.15) is 4.90 Å². The molecule has 0 amide bonds. The van der Waals surface area contributed by atoms with Crippen LogP contribution < -0.4 is 10.0 Å². The molecule has 0 bridgehead atoms. The van der Waals surface area contributed by atoms with Gasteiger partial charge in [-0.15, -0.1) is 10.2 Å². The zero-order valence-corrected chi connectivity index (χ0v) is 15.4. The van der Waals surface area contributed by atoms with Gasteiger partial charge in [-0.2, -0.15) is 0 Å². The summed E-state index contributed by atoms with van der Waals surface area (Å²) in [7, 11) is -4.14. The van der Waals surface area contributed by atoms with E-state index in [0.29, 0.717) is 31.1 Å². The number of nitro groups is 1. The van der Waals surface area contributed by atoms with Gasteiger partial charge in [-0.1, -0.05) is 30.3 Å². The number of rotatable bonds is 4. The van der Waals surface area contributed by atoms with Crippen molar-refractivity contribution >= 4 is 21.4 Å². The molecule has 0 radical (unpaired) electrons. The van der Waals surface area contributed by atoms with E-state index in [1.807, 2.05) is 34.9 Å². The molecule has 0 saturated heterocycles. The second-order valence-electron chi connectivity index (χ2n) is 6.33. The van der Waals surface area contributed by atoms with Gasteiger partial charge >= 0.3 is 0 Å². The lowest BCUT2D eigenvalue weighted by molar-refractivity contribution is -0.385. The van der Waals surface area contributed by atoms with Crippen molar-refractivity contribution in [2.24, 2.45) is 5.14 Å². The molecule has 2 N–H and O–H groups in total. The number of anilines is 1. The third-order valence-electron chi connectivity index (χ3n) is 4.59. The lowest BCUT2D eigenvalue weighted by Crippen LogP contribution is -2.35. The number of primary sulfonamides is 1. The maximum absolute atomic E-state index is 12.0. The number of non-ortho nitro benzene ring substituents is 1. The molecule has 2 heterocycles. The maximum Gasteiger partial charge on any atom is 0.270 e. The van der Waals surface area contributed by atoms with Gasteiger partial charge in [0, 0.05) is 30.8 Å². The van der Waals surface area contributed by atoms with E-state index in [0.717, 1.165) is 17.5 Å². The van der Waals surface area contributed by atoms with Crippen molar-refractivity contribution in [1.82, 2.24) is 14.8 Å². The lowest BCUT2D eigenvalue weighted by Gasteiger charge is -2.30. The van der Waals surface area contributed by atoms with Crippen LogP contribution in [0.25, 0.3) is 11.4 Å². The predicted molar refractivity (Wildman–Crippen MR) is 101 cm³/mol. The Morgan fingerprint density at radius 1 is 1.07 bits per heavy atom. The van der Waals surface area contributed by atoms with Crippen LogP contribution in [0.3, 0.4) is 0 Å². The molecule has 2 aromatic carbocycles. The van der Waals surface area contributed by atoms with Crippen LogP contribution in [0.15, 0.2) is 53.4 Å². The van der Waals surface area contributed by atoms with Crippen LogP contribution >= 0.6 is 0 Å². The van der Waals surface area contributed by atoms with Crippen molar-refractivity contribution < 1.29 is 13.3 Å². The summed E-state index contributed by atoms with van der Waals surface area (Å²) in [6, 6.07) is 13.3. The van der Waals surface area contributed by atoms with Crippen LogP contribution in [-0.4, -0.2) is 34.7 Å². The Hall–Kier alpha value is -3.31. The lowest BCUT2D eigenvalue weighted by atomic mass is 10.2. The highest BCUT2D eigenvalue weighted by molar-refractivity contribution is 7.89. The quantitative estimate of drug-likeness (QED) is 0.518. The fraction of sp³-hybridized carbons (Fsp3) is 0.176. The highest BCUT2D eigenvalue weighted by Crippen LogP contribution is 2.31. The monoisotopic (exact) mass is 400 g/mol. The first-order valence-corrected chi connectivity index (χ1v) is 9.93. The average molecular weight is 400 g/mol. The molecule has 0 saturated carbocycles. The standard InChI is InChI=1S/C17H16N6O4S/c18-28(26,27)15-10-13(23(24)25)6-7-14(15)21-8-9-22-16(11-21)19-20-17(22)12-4-2-1-3-5-12/h1-7,10H,8-9,11H2,(H2,18,26,27). The molecule has 0 unspecified atom stereocenters. The second kappa shape index (κ2) is 6.69. The Kier molecular flexibility index (Phi) is 4.32. The van der Waals surface area contributed by atoms with Crippen molar-refractivity contribution in [2.45, 2.75) is 18.0 Å². The summed E-state index contributed by atoms with van der Waals surface area (Å²) >= 11 is 0. The maximum atomic E-state index is 12.0. The Balaban J connectivity index is 1.71. The summed E-state index contributed by atoms with van der Waals surface area (Å²) in [4.78, 5) is 11.8. The molecule has 1 aromatic heterocycles. The first kappa shape index (κ1) is 18.1. The van der Waals surface area contributed by atoms with Gasteiger partial charge in [0.25, 0.3) is 5.69 Å². The molecule has 1 aliphatic heterocycles. The zero-order chi connectivity index (χ0) is 19.9. The van der Waals surface area contributed by atoms with Crippen molar-refractivity contribution in [3.8, 4) is 11.4 Å². The van der Waals surface area contributed by atoms with Gasteiger partial charge in [-0.05, 0) is 6.07 Å². The Bertz CT molecular complexity index is 1160. The van der Waals surface area contributed by atoms with Gasteiger partial charge in [0.15, 0.2) is 11.6 Å². The number of nitro benzene ring substituents is 1. The number of hydrogen-bond acceptors (Lipinski definition) is 7. The molecular weight excluding hydrogens is 384 g/mol. The minimum atomic E-state index is -4.14. The summed E-state index contributed by atoms with van der Waals surface area (Å²) in [5, 5.41) is 24.8. The van der Waals surface area contributed by atoms with E-state index in [9.17, 15) is 18.5 Å². The zero-order valence-electron chi connectivity index (χ0n) is 14.6. The van der Waals surface area contributed by atoms with Crippen molar-refractivity contribution in [3.63, 3.8) is 0 Å². The summed E-state index contributed by atoms with van der Waals surface area (Å²) in [6.45, 7) is 1.32. The topological polar surface area (TPSA) is 137 Å². The number of fused-ring (bicyclic) bond motifs is 1. The number of benzene rings is 2. The molecule has 0 spiro atoms. The molecule has 10 nitrogen and oxygen atoms in total. The van der Waals surface area contributed by atoms with E-state index >= 15 is 0 Å². The van der Waals surface area contributed by atoms with Gasteiger partial charge in [0.2, 0.25) is 10.0 Å². The van der Waals surface area contributed by atoms with E-state index < -0.39 is 14.9 Å². The van der Waals surface area contributed by atoms with Crippen LogP contribution in [0.5, 0.6) is 0 Å². The molecule has 144 valence electrons. The largest absolute Gasteiger partial charge is 0.361 e. The van der Waals surface area contributed by atoms with Gasteiger partial charge < -0.3 is 9.47 Å². The molecule has 28 heavy (non-hydrogen) atoms. The van der Waals surface area contributed by atoms with Crippen LogP contribution in [-0.2, 0) is 23.1 Å². The van der Waals surface area contributed by atoms with Gasteiger partial charge in [-0.25, -0.2) is 13.6 Å². The molecule has 4 rings (SSSR count). The summed E-state index contributed by atoms with van der Waals surface area (Å²) < 4.78 is 26.0. The molecule has 0 aliphatic carbocycles. The Labute approximate surface area is 160 Å². The smallest absolute Gasteiger partial charge is 0.270 e. The fourth-order valence-electron chi connectivity index (χ4n) is 3.27. The van der Waals surface area contributed by atoms with E-state index in [2.05, 4.69) is 10.2 Å². The average Bonchev–Trinajstić information content (AvgIpc) is 3.10. The van der Waals surface area contributed by atoms with Crippen molar-refractivity contribution in [2.75, 3.05) is 11.4 Å². The number of nitrogens with zero attached hydrogens (tertiary/aromatic N) is 5. The Morgan fingerprint density at radius 2 is 1.82 bits per heavy atom. The van der Waals surface area contributed by atoms with Gasteiger partial charge in [-0.3, -0.25) is 10.1 Å². The number of nitrogens with two attached hydrogens (primary N) is 1. The first-order valence-electron chi connectivity index (χ1n) is 8.38. The minimum absolute atomic E-state index is 0.280. The predicted octanol–water partition coefficient (Wildman–Crippen LogP) is 1.52. The SMILES string of the molecule is NS(=O)(=O)c1cc([N+](=O)[O-])ccc1N1CCn2c(nnc2-c2ccccc2)C1. The molecule has 3 aromatic rings. The minimum Gasteiger partial charge on any atom is -0.361 e. The third kappa shape index (κ3) is 3.21. The van der Waals surface area contributed by atoms with Crippen LogP contribution in [0.2, 0.25) is 0 Å². The molecule has 11 heteroatoms. The highest BCUT2D eigenvalue weighted by atomic mass is 32.2. The Morgan fingerprint density at radius 3 is 2.50 bits per heavy atom. The van der Waals surface area contributed by atoms with Crippen LogP contribution in [0.4, 0.5) is 11.4 Å². The summed E-state index contributed by atoms with van der Waals surface area (Å²) in [6.07, 6.45) is 0. The summed E-state index contributed by atoms with van der Waals surface area (Å²) in [5.74, 6) is 1.41. The molecule has 0 atom stereocenters. The number of hydrogen-bond donors (Lipinski definition) is 1. The van der Waals surface area contributed by atoms with Crippen molar-refractivity contribution in [3.05, 3.63) is 64.5 Å². The van der Waals surface area contributed by atoms with Crippen molar-refractivity contribution in [1.29, 1.82) is 0 Å². The molecule has 0 fully saturated rings. The van der Waals surface area contributed by atoms with E-state index in [4.69, 9.17) is 5.14 Å². The van der Waals surface area contributed by atoms with Crippen LogP contribution in [0, 0.1) is 10.1 Å². The third-order valence-corrected chi connectivity index (χ3v) is 5.53. The fourth-order valence-corrected chi connectivity index (χ4v) is 4.04. The summed E-state index contributed by atoms with van der Waals surface area (Å²) in [5.41, 5.74) is 0.915. The number of aromatic nitrogens is 3. The van der Waals surface area contributed by atoms with E-state index in [1.165, 1.54) is 12.1 Å². The van der Waals surface area contributed by atoms with Gasteiger partial charge in [0.05, 0.1) is 17.2 Å². The second-order valence-corrected chi connectivity index (χ2v) is 7.86. The highest BCUT2D eigenvalue weighted by Gasteiger charge is 2.27.